The van der Waals surface area contributed by atoms with E-state index in [1.807, 2.05) is 30.4 Å². The zero-order valence-corrected chi connectivity index (χ0v) is 16.7. The van der Waals surface area contributed by atoms with Crippen molar-refractivity contribution in [2.75, 3.05) is 0 Å². The minimum atomic E-state index is 0. The lowest BCUT2D eigenvalue weighted by Crippen LogP contribution is -1.78. The molecule has 0 N–H and O–H groups in total. The summed E-state index contributed by atoms with van der Waals surface area (Å²) in [7, 11) is 0. The maximum absolute atomic E-state index is 5.50. The van der Waals surface area contributed by atoms with E-state index in [2.05, 4.69) is 57.2 Å². The molecule has 0 unspecified atom stereocenters. The van der Waals surface area contributed by atoms with Gasteiger partial charge in [-0.1, -0.05) is 35.4 Å². The normalized spacial score (nSPS) is 9.64. The largest absolute Gasteiger partial charge is 0.466 e. The van der Waals surface area contributed by atoms with Gasteiger partial charge in [0.1, 0.15) is 11.5 Å². The Morgan fingerprint density at radius 3 is 1.77 bits per heavy atom. The molecule has 0 amide bonds. The average molecular weight is 426 g/mol. The number of benzene rings is 1. The third kappa shape index (κ3) is 6.36. The number of furan rings is 1. The second-order valence-electron chi connectivity index (χ2n) is 5.36. The standard InChI is InChI=1S/C11H12OS.C8H10.HI/c1-8-3-5-10(12-8)7-11-6-4-9(2)13-11;1-7-3-5-8(2)6-4-7;/h3-6H,7H2,1-2H3;3-6H,1-2H3;1H. The summed E-state index contributed by atoms with van der Waals surface area (Å²) in [6.07, 6.45) is 0.923. The molecule has 0 aliphatic heterocycles. The van der Waals surface area contributed by atoms with E-state index in [9.17, 15) is 0 Å². The van der Waals surface area contributed by atoms with E-state index < -0.39 is 0 Å². The fraction of sp³-hybridized carbons (Fsp3) is 0.263. The Kier molecular flexibility index (Phi) is 7.90. The lowest BCUT2D eigenvalue weighted by Gasteiger charge is -1.91. The molecular formula is C19H23IOS. The second kappa shape index (κ2) is 9.16. The fourth-order valence-corrected chi connectivity index (χ4v) is 2.87. The quantitative estimate of drug-likeness (QED) is 0.428. The van der Waals surface area contributed by atoms with E-state index in [0.717, 1.165) is 17.9 Å². The Morgan fingerprint density at radius 1 is 0.773 bits per heavy atom. The van der Waals surface area contributed by atoms with Gasteiger partial charge in [0, 0.05) is 16.2 Å². The van der Waals surface area contributed by atoms with Crippen molar-refractivity contribution in [1.29, 1.82) is 0 Å². The van der Waals surface area contributed by atoms with Gasteiger partial charge in [-0.25, -0.2) is 0 Å². The molecule has 3 aromatic rings. The first-order valence-corrected chi connectivity index (χ1v) is 7.98. The summed E-state index contributed by atoms with van der Waals surface area (Å²) in [5, 5.41) is 0. The molecule has 0 atom stereocenters. The van der Waals surface area contributed by atoms with Gasteiger partial charge in [0.15, 0.2) is 0 Å². The van der Waals surface area contributed by atoms with Crippen molar-refractivity contribution in [2.45, 2.75) is 34.1 Å². The van der Waals surface area contributed by atoms with Gasteiger partial charge in [0.05, 0.1) is 0 Å². The highest BCUT2D eigenvalue weighted by Gasteiger charge is 2.02. The third-order valence-corrected chi connectivity index (χ3v) is 4.16. The van der Waals surface area contributed by atoms with Gasteiger partial charge in [0.25, 0.3) is 0 Å². The predicted octanol–water partition coefficient (Wildman–Crippen LogP) is 6.47. The summed E-state index contributed by atoms with van der Waals surface area (Å²) in [5.74, 6) is 2.04. The molecule has 118 valence electrons. The van der Waals surface area contributed by atoms with Crippen LogP contribution in [-0.4, -0.2) is 0 Å². The number of aryl methyl sites for hydroxylation is 4. The van der Waals surface area contributed by atoms with Gasteiger partial charge in [-0.3, -0.25) is 0 Å². The highest BCUT2D eigenvalue weighted by molar-refractivity contribution is 14.0. The molecule has 0 fully saturated rings. The van der Waals surface area contributed by atoms with Crippen LogP contribution in [0, 0.1) is 27.7 Å². The van der Waals surface area contributed by atoms with Crippen LogP contribution >= 0.6 is 35.3 Å². The molecule has 0 aliphatic rings. The van der Waals surface area contributed by atoms with Gasteiger partial charge in [-0.2, -0.15) is 0 Å². The van der Waals surface area contributed by atoms with E-state index in [-0.39, 0.29) is 24.0 Å². The topological polar surface area (TPSA) is 13.1 Å². The molecule has 0 bridgehead atoms. The van der Waals surface area contributed by atoms with Gasteiger partial charge in [-0.05, 0) is 52.0 Å². The Bertz CT molecular complexity index is 620. The molecular weight excluding hydrogens is 403 g/mol. The maximum atomic E-state index is 5.50. The minimum Gasteiger partial charge on any atom is -0.466 e. The van der Waals surface area contributed by atoms with Crippen molar-refractivity contribution in [3.05, 3.63) is 80.9 Å². The first kappa shape index (κ1) is 19.0. The number of thiophene rings is 1. The molecule has 1 nitrogen and oxygen atoms in total. The van der Waals surface area contributed by atoms with Crippen LogP contribution in [0.5, 0.6) is 0 Å². The lowest BCUT2D eigenvalue weighted by atomic mass is 10.2. The molecule has 3 heteroatoms. The van der Waals surface area contributed by atoms with E-state index in [0.29, 0.717) is 0 Å². The monoisotopic (exact) mass is 426 g/mol. The Hall–Kier alpha value is -1.07. The molecule has 0 saturated heterocycles. The fourth-order valence-electron chi connectivity index (χ4n) is 1.97. The Balaban J connectivity index is 0.000000234. The molecule has 1 aromatic carbocycles. The van der Waals surface area contributed by atoms with Crippen molar-refractivity contribution in [3.63, 3.8) is 0 Å². The summed E-state index contributed by atoms with van der Waals surface area (Å²) in [4.78, 5) is 2.73. The number of hydrogen-bond donors (Lipinski definition) is 0. The second-order valence-corrected chi connectivity index (χ2v) is 6.73. The van der Waals surface area contributed by atoms with Crippen LogP contribution in [0.1, 0.15) is 32.4 Å². The van der Waals surface area contributed by atoms with Crippen LogP contribution in [-0.2, 0) is 6.42 Å². The summed E-state index contributed by atoms with van der Waals surface area (Å²) in [6.45, 7) is 8.30. The van der Waals surface area contributed by atoms with E-state index >= 15 is 0 Å². The molecule has 3 rings (SSSR count). The average Bonchev–Trinajstić information content (AvgIpc) is 3.03. The van der Waals surface area contributed by atoms with Crippen molar-refractivity contribution in [3.8, 4) is 0 Å². The van der Waals surface area contributed by atoms with Gasteiger partial charge in [0.2, 0.25) is 0 Å². The highest BCUT2D eigenvalue weighted by atomic mass is 127. The van der Waals surface area contributed by atoms with E-state index in [4.69, 9.17) is 4.42 Å². The van der Waals surface area contributed by atoms with E-state index in [1.54, 1.807) is 0 Å². The van der Waals surface area contributed by atoms with Gasteiger partial charge < -0.3 is 4.42 Å². The van der Waals surface area contributed by atoms with Crippen LogP contribution in [0.2, 0.25) is 0 Å². The van der Waals surface area contributed by atoms with Gasteiger partial charge in [-0.15, -0.1) is 35.3 Å². The van der Waals surface area contributed by atoms with Crippen LogP contribution in [0.25, 0.3) is 0 Å². The molecule has 0 spiro atoms. The number of halogens is 1. The Labute approximate surface area is 154 Å². The Morgan fingerprint density at radius 2 is 1.36 bits per heavy atom. The summed E-state index contributed by atoms with van der Waals surface area (Å²) in [5.41, 5.74) is 2.66. The maximum Gasteiger partial charge on any atom is 0.109 e. The third-order valence-electron chi connectivity index (χ3n) is 3.16. The van der Waals surface area contributed by atoms with Gasteiger partial charge >= 0.3 is 0 Å². The summed E-state index contributed by atoms with van der Waals surface area (Å²) < 4.78 is 5.50. The number of hydrogen-bond acceptors (Lipinski definition) is 2. The van der Waals surface area contributed by atoms with Crippen molar-refractivity contribution >= 4 is 35.3 Å². The van der Waals surface area contributed by atoms with Crippen molar-refractivity contribution < 1.29 is 4.42 Å². The molecule has 0 saturated carbocycles. The zero-order valence-electron chi connectivity index (χ0n) is 13.6. The van der Waals surface area contributed by atoms with Crippen LogP contribution in [0.15, 0.2) is 52.9 Å². The van der Waals surface area contributed by atoms with Crippen LogP contribution < -0.4 is 0 Å². The number of rotatable bonds is 2. The first-order valence-electron chi connectivity index (χ1n) is 7.17. The zero-order chi connectivity index (χ0) is 15.2. The summed E-state index contributed by atoms with van der Waals surface area (Å²) in [6, 6.07) is 16.9. The van der Waals surface area contributed by atoms with Crippen molar-refractivity contribution in [1.82, 2.24) is 0 Å². The van der Waals surface area contributed by atoms with Crippen LogP contribution in [0.4, 0.5) is 0 Å². The first-order chi connectivity index (χ1) is 10.0. The predicted molar refractivity (Wildman–Crippen MR) is 107 cm³/mol. The molecule has 2 aromatic heterocycles. The summed E-state index contributed by atoms with van der Waals surface area (Å²) >= 11 is 1.83. The SMILES string of the molecule is Cc1ccc(C)cc1.Cc1ccc(Cc2ccc(C)s2)o1.I. The van der Waals surface area contributed by atoms with Crippen LogP contribution in [0.3, 0.4) is 0 Å². The lowest BCUT2D eigenvalue weighted by molar-refractivity contribution is 0.494. The molecule has 22 heavy (non-hydrogen) atoms. The minimum absolute atomic E-state index is 0. The molecule has 0 radical (unpaired) electrons. The molecule has 0 aliphatic carbocycles. The van der Waals surface area contributed by atoms with E-state index in [1.165, 1.54) is 20.9 Å². The smallest absolute Gasteiger partial charge is 0.109 e. The van der Waals surface area contributed by atoms with Crippen molar-refractivity contribution in [2.24, 2.45) is 0 Å². The molecule has 2 heterocycles. The highest BCUT2D eigenvalue weighted by Crippen LogP contribution is 2.19.